The first-order chi connectivity index (χ1) is 14.4. The van der Waals surface area contributed by atoms with Crippen LogP contribution in [-0.4, -0.2) is 10.2 Å². The molecule has 0 aromatic rings. The van der Waals surface area contributed by atoms with Crippen LogP contribution in [0.3, 0.4) is 0 Å². The van der Waals surface area contributed by atoms with E-state index < -0.39 is 0 Å². The van der Waals surface area contributed by atoms with Crippen LogP contribution in [0, 0.1) is 0 Å². The van der Waals surface area contributed by atoms with E-state index in [1.165, 1.54) is 165 Å². The Hall–Kier alpha value is 1.08. The molecule has 0 aromatic carbocycles. The van der Waals surface area contributed by atoms with Crippen LogP contribution >= 0.6 is 35.2 Å². The van der Waals surface area contributed by atoms with Gasteiger partial charge in [-0.25, -0.2) is 0 Å². The molecule has 0 aliphatic carbocycles. The lowest BCUT2D eigenvalue weighted by molar-refractivity contribution is 0.517. The molecule has 0 aliphatic heterocycles. The van der Waals surface area contributed by atoms with Crippen molar-refractivity contribution in [3.63, 3.8) is 0 Å². The zero-order chi connectivity index (χ0) is 21.1. The molecule has 0 aromatic heterocycles. The molecule has 2 heteroatoms. The molecule has 0 N–H and O–H groups in total. The summed E-state index contributed by atoms with van der Waals surface area (Å²) in [4.78, 5) is 0. The number of rotatable bonds is 26. The van der Waals surface area contributed by atoms with Crippen LogP contribution < -0.4 is 0 Å². The molecule has 0 saturated carbocycles. The monoisotopic (exact) mass is 538 g/mol. The summed E-state index contributed by atoms with van der Waals surface area (Å²) >= 11 is 6.77. The third-order valence-corrected chi connectivity index (χ3v) is 7.37. The largest absolute Gasteiger partial charge is 0.179 e. The lowest BCUT2D eigenvalue weighted by Gasteiger charge is -2.04. The Morgan fingerprint density at radius 1 is 0.276 bits per heavy atom. The van der Waals surface area contributed by atoms with E-state index in [4.69, 9.17) is 0 Å². The van der Waals surface area contributed by atoms with E-state index >= 15 is 0 Å². The van der Waals surface area contributed by atoms with Gasteiger partial charge in [-0.1, -0.05) is 170 Å². The third-order valence-electron chi connectivity index (χ3n) is 6.29. The van der Waals surface area contributed by atoms with Crippen LogP contribution in [0.4, 0.5) is 0 Å². The normalized spacial score (nSPS) is 11.4. The molecule has 0 unspecified atom stereocenters. The van der Waals surface area contributed by atoms with Crippen LogP contribution in [0.25, 0.3) is 0 Å². The minimum atomic E-state index is 1.07. The summed E-state index contributed by atoms with van der Waals surface area (Å²) in [6.07, 6.45) is 36.7. The summed E-state index contributed by atoms with van der Waals surface area (Å²) in [5, 5.41) is 0. The zero-order valence-corrected chi connectivity index (χ0v) is 23.0. The second-order valence-electron chi connectivity index (χ2n) is 9.25. The lowest BCUT2D eigenvalue weighted by Crippen LogP contribution is -1.85. The Kier molecular flexibility index (Phi) is 30.2. The van der Waals surface area contributed by atoms with Gasteiger partial charge in [0.25, 0.3) is 0 Å². The molecule has 0 bridgehead atoms. The predicted molar refractivity (Wildman–Crippen MR) is 148 cm³/mol. The molecule has 0 fully saturated rings. The maximum absolute atomic E-state index is 4.27. The zero-order valence-electron chi connectivity index (χ0n) is 19.9. The fourth-order valence-electron chi connectivity index (χ4n) is 4.27. The van der Waals surface area contributed by atoms with Crippen molar-refractivity contribution in [1.29, 1.82) is 0 Å². The molecule has 0 nitrogen and oxygen atoms in total. The van der Waals surface area contributed by atoms with E-state index in [1.54, 1.807) is 0 Å². The van der Waals surface area contributed by atoms with E-state index in [9.17, 15) is 0 Å². The van der Waals surface area contributed by atoms with Gasteiger partial charge in [0.1, 0.15) is 0 Å². The van der Waals surface area contributed by atoms with Gasteiger partial charge in [0.15, 0.2) is 0 Å². The summed E-state index contributed by atoms with van der Waals surface area (Å²) in [7, 11) is 0. The minimum Gasteiger partial charge on any atom is -0.179 e. The highest BCUT2D eigenvalue weighted by Gasteiger charge is 1.96. The molecule has 0 saturated heterocycles. The van der Waals surface area contributed by atoms with Crippen LogP contribution in [0.15, 0.2) is 0 Å². The fourth-order valence-corrected chi connectivity index (χ4v) is 5.04. The lowest BCUT2D eigenvalue weighted by atomic mass is 10.0. The fraction of sp³-hybridized carbons (Fsp3) is 1.00. The highest BCUT2D eigenvalue weighted by atomic mass is 127. The first-order valence-corrected chi connectivity index (χ1v) is 15.7. The first kappa shape index (κ1) is 30.1. The van der Waals surface area contributed by atoms with Crippen molar-refractivity contribution in [1.82, 2.24) is 0 Å². The number of alkyl halides is 1. The van der Waals surface area contributed by atoms with Crippen molar-refractivity contribution >= 4 is 35.2 Å². The molecule has 0 radical (unpaired) electrons. The Morgan fingerprint density at radius 2 is 0.448 bits per heavy atom. The number of unbranched alkanes of at least 4 members (excludes halogenated alkanes) is 24. The van der Waals surface area contributed by atoms with Gasteiger partial charge in [-0.3, -0.25) is 0 Å². The second kappa shape index (κ2) is 29.1. The molecule has 0 atom stereocenters. The van der Waals surface area contributed by atoms with Gasteiger partial charge in [-0.05, 0) is 23.0 Å². The molecule has 0 aliphatic rings. The van der Waals surface area contributed by atoms with E-state index in [2.05, 4.69) is 35.2 Å². The van der Waals surface area contributed by atoms with Gasteiger partial charge < -0.3 is 0 Å². The van der Waals surface area contributed by atoms with Crippen LogP contribution in [-0.2, 0) is 0 Å². The summed E-state index contributed by atoms with van der Waals surface area (Å²) in [6.45, 7) is 0. The first-order valence-electron chi connectivity index (χ1n) is 13.6. The van der Waals surface area contributed by atoms with Crippen LogP contribution in [0.5, 0.6) is 0 Å². The second-order valence-corrected chi connectivity index (χ2v) is 10.8. The molecule has 0 spiro atoms. The van der Waals surface area contributed by atoms with E-state index in [0.717, 1.165) is 5.75 Å². The Labute approximate surface area is 205 Å². The number of halogens is 1. The average molecular weight is 539 g/mol. The van der Waals surface area contributed by atoms with Gasteiger partial charge in [0.2, 0.25) is 0 Å². The van der Waals surface area contributed by atoms with Gasteiger partial charge in [-0.15, -0.1) is 0 Å². The van der Waals surface area contributed by atoms with Gasteiger partial charge in [-0.2, -0.15) is 12.6 Å². The van der Waals surface area contributed by atoms with Crippen molar-refractivity contribution in [2.75, 3.05) is 10.2 Å². The van der Waals surface area contributed by atoms with E-state index in [0.29, 0.717) is 0 Å². The van der Waals surface area contributed by atoms with Gasteiger partial charge in [0, 0.05) is 0 Å². The molecule has 0 rings (SSSR count). The number of hydrogen-bond donors (Lipinski definition) is 1. The highest BCUT2D eigenvalue weighted by molar-refractivity contribution is 14.1. The SMILES string of the molecule is SCCCCCCCCCCCCCCCCCCCCCCCCCCCI. The molecule has 0 heterocycles. The maximum atomic E-state index is 4.27. The Morgan fingerprint density at radius 3 is 0.621 bits per heavy atom. The van der Waals surface area contributed by atoms with Crippen molar-refractivity contribution in [3.05, 3.63) is 0 Å². The highest BCUT2D eigenvalue weighted by Crippen LogP contribution is 2.15. The summed E-state index contributed by atoms with van der Waals surface area (Å²) in [6, 6.07) is 0. The standard InChI is InChI=1S/C27H55IS/c28-26-24-22-20-18-16-14-12-10-8-6-4-2-1-3-5-7-9-11-13-15-17-19-21-23-25-27-29/h29H,1-27H2. The van der Waals surface area contributed by atoms with E-state index in [1.807, 2.05) is 0 Å². The van der Waals surface area contributed by atoms with Crippen molar-refractivity contribution in [3.8, 4) is 0 Å². The minimum absolute atomic E-state index is 1.07. The molecule has 29 heavy (non-hydrogen) atoms. The topological polar surface area (TPSA) is 0 Å². The van der Waals surface area contributed by atoms with Crippen LogP contribution in [0.1, 0.15) is 161 Å². The molecule has 176 valence electrons. The van der Waals surface area contributed by atoms with Crippen LogP contribution in [0.2, 0.25) is 0 Å². The average Bonchev–Trinajstić information content (AvgIpc) is 2.74. The summed E-state index contributed by atoms with van der Waals surface area (Å²) < 4.78 is 1.34. The predicted octanol–water partition coefficient (Wildman–Crippen LogP) is 11.1. The molecular formula is C27H55IS. The quantitative estimate of drug-likeness (QED) is 0.0481. The van der Waals surface area contributed by atoms with Gasteiger partial charge >= 0.3 is 0 Å². The van der Waals surface area contributed by atoms with Crippen molar-refractivity contribution in [2.24, 2.45) is 0 Å². The van der Waals surface area contributed by atoms with E-state index in [-0.39, 0.29) is 0 Å². The molecular weight excluding hydrogens is 483 g/mol. The number of hydrogen-bond acceptors (Lipinski definition) is 1. The Bertz CT molecular complexity index is 243. The number of thiol groups is 1. The van der Waals surface area contributed by atoms with Crippen molar-refractivity contribution in [2.45, 2.75) is 161 Å². The third kappa shape index (κ3) is 29.1. The molecule has 0 amide bonds. The van der Waals surface area contributed by atoms with Gasteiger partial charge in [0.05, 0.1) is 0 Å². The summed E-state index contributed by atoms with van der Waals surface area (Å²) in [5.74, 6) is 1.07. The smallest absolute Gasteiger partial charge is 0.000473 e. The maximum Gasteiger partial charge on any atom is -0.000473 e. The van der Waals surface area contributed by atoms with Crippen molar-refractivity contribution < 1.29 is 0 Å². The summed E-state index contributed by atoms with van der Waals surface area (Å²) in [5.41, 5.74) is 0. The Balaban J connectivity index is 2.97.